The van der Waals surface area contributed by atoms with Gasteiger partial charge in [0, 0.05) is 23.2 Å². The van der Waals surface area contributed by atoms with Crippen LogP contribution in [0.5, 0.6) is 0 Å². The molecule has 5 heteroatoms. The standard InChI is InChI=1S/C22H28O5/c1-12-8-16-15-5-4-13-9-14(24)6-7-20(13,2)19(15)17(25)10-21(16,3)22(12,27)18(26)11-23/h6-7,9,12,15-16,19,23,27H,4-5,8,10-11H2,1-3H3/t12-,15-,16?,19?,20-,21-,22-/m0/s1. The summed E-state index contributed by atoms with van der Waals surface area (Å²) in [5, 5.41) is 20.8. The lowest BCUT2D eigenvalue weighted by molar-refractivity contribution is -0.173. The molecule has 0 aromatic rings. The summed E-state index contributed by atoms with van der Waals surface area (Å²) in [6, 6.07) is 0. The van der Waals surface area contributed by atoms with Crippen LogP contribution in [0.1, 0.15) is 46.5 Å². The van der Waals surface area contributed by atoms with E-state index in [1.165, 1.54) is 0 Å². The monoisotopic (exact) mass is 372 g/mol. The van der Waals surface area contributed by atoms with Gasteiger partial charge in [-0.3, -0.25) is 14.4 Å². The van der Waals surface area contributed by atoms with E-state index in [9.17, 15) is 24.6 Å². The van der Waals surface area contributed by atoms with E-state index in [0.717, 1.165) is 18.4 Å². The van der Waals surface area contributed by atoms with Gasteiger partial charge in [0.15, 0.2) is 11.6 Å². The van der Waals surface area contributed by atoms with Crippen LogP contribution in [0, 0.1) is 34.5 Å². The molecule has 0 bridgehead atoms. The van der Waals surface area contributed by atoms with Crippen molar-refractivity contribution in [2.45, 2.75) is 52.1 Å². The third kappa shape index (κ3) is 2.16. The van der Waals surface area contributed by atoms with Gasteiger partial charge in [0.2, 0.25) is 0 Å². The highest BCUT2D eigenvalue weighted by Crippen LogP contribution is 2.67. The van der Waals surface area contributed by atoms with Crippen LogP contribution < -0.4 is 0 Å². The SMILES string of the molecule is C[C@H]1CC2[C@@H]3CCC4=CC(=O)C=C[C@]4(C)C3C(=O)C[C@]2(C)[C@@]1(O)C(=O)CO. The molecule has 3 saturated carbocycles. The van der Waals surface area contributed by atoms with Crippen molar-refractivity contribution in [2.75, 3.05) is 6.61 Å². The summed E-state index contributed by atoms with van der Waals surface area (Å²) in [6.45, 7) is 5.05. The predicted molar refractivity (Wildman–Crippen MR) is 98.6 cm³/mol. The Morgan fingerprint density at radius 3 is 2.67 bits per heavy atom. The fourth-order valence-corrected chi connectivity index (χ4v) is 7.08. The van der Waals surface area contributed by atoms with E-state index in [0.29, 0.717) is 6.42 Å². The first-order valence-corrected chi connectivity index (χ1v) is 9.93. The van der Waals surface area contributed by atoms with Crippen LogP contribution >= 0.6 is 0 Å². The van der Waals surface area contributed by atoms with Gasteiger partial charge in [0.1, 0.15) is 18.0 Å². The Morgan fingerprint density at radius 2 is 2.00 bits per heavy atom. The topological polar surface area (TPSA) is 91.7 Å². The molecular weight excluding hydrogens is 344 g/mol. The van der Waals surface area contributed by atoms with Gasteiger partial charge in [-0.25, -0.2) is 0 Å². The van der Waals surface area contributed by atoms with Crippen molar-refractivity contribution in [3.05, 3.63) is 23.8 Å². The molecule has 7 atom stereocenters. The van der Waals surface area contributed by atoms with Crippen molar-refractivity contribution in [1.29, 1.82) is 0 Å². The summed E-state index contributed by atoms with van der Waals surface area (Å²) >= 11 is 0. The van der Waals surface area contributed by atoms with Gasteiger partial charge in [-0.2, -0.15) is 0 Å². The molecule has 27 heavy (non-hydrogen) atoms. The first-order valence-electron chi connectivity index (χ1n) is 9.93. The van der Waals surface area contributed by atoms with E-state index < -0.39 is 28.8 Å². The molecule has 0 aromatic heterocycles. The van der Waals surface area contributed by atoms with E-state index >= 15 is 0 Å². The Kier molecular flexibility index (Phi) is 3.97. The van der Waals surface area contributed by atoms with E-state index in [4.69, 9.17) is 0 Å². The highest BCUT2D eigenvalue weighted by molar-refractivity contribution is 6.02. The number of fused-ring (bicyclic) bond motifs is 5. The molecule has 2 N–H and O–H groups in total. The second-order valence-corrected chi connectivity index (χ2v) is 9.52. The fraction of sp³-hybridized carbons (Fsp3) is 0.682. The molecule has 4 aliphatic carbocycles. The zero-order chi connectivity index (χ0) is 19.8. The minimum Gasteiger partial charge on any atom is -0.388 e. The maximum atomic E-state index is 13.4. The van der Waals surface area contributed by atoms with E-state index in [1.54, 1.807) is 12.2 Å². The smallest absolute Gasteiger partial charge is 0.190 e. The van der Waals surface area contributed by atoms with Crippen molar-refractivity contribution in [2.24, 2.45) is 34.5 Å². The van der Waals surface area contributed by atoms with E-state index in [-0.39, 0.29) is 41.7 Å². The number of ketones is 3. The summed E-state index contributed by atoms with van der Waals surface area (Å²) in [7, 11) is 0. The largest absolute Gasteiger partial charge is 0.388 e. The second-order valence-electron chi connectivity index (χ2n) is 9.52. The first-order chi connectivity index (χ1) is 12.6. The van der Waals surface area contributed by atoms with Crippen molar-refractivity contribution < 1.29 is 24.6 Å². The number of Topliss-reactive ketones (excluding diaryl/α,β-unsaturated/α-hetero) is 2. The fourth-order valence-electron chi connectivity index (χ4n) is 7.08. The normalized spacial score (nSPS) is 48.6. The van der Waals surface area contributed by atoms with Gasteiger partial charge in [-0.1, -0.05) is 32.4 Å². The molecule has 0 amide bonds. The zero-order valence-electron chi connectivity index (χ0n) is 16.2. The lowest BCUT2D eigenvalue weighted by Gasteiger charge is -2.56. The lowest BCUT2D eigenvalue weighted by atomic mass is 9.46. The van der Waals surface area contributed by atoms with Crippen LogP contribution in [0.4, 0.5) is 0 Å². The van der Waals surface area contributed by atoms with Gasteiger partial charge in [0.05, 0.1) is 0 Å². The van der Waals surface area contributed by atoms with Crippen LogP contribution in [0.25, 0.3) is 0 Å². The van der Waals surface area contributed by atoms with Crippen LogP contribution in [0.3, 0.4) is 0 Å². The summed E-state index contributed by atoms with van der Waals surface area (Å²) in [5.41, 5.74) is -1.94. The number of aliphatic hydroxyl groups is 2. The van der Waals surface area contributed by atoms with Crippen LogP contribution in [-0.2, 0) is 14.4 Å². The van der Waals surface area contributed by atoms with Crippen LogP contribution in [-0.4, -0.2) is 39.8 Å². The maximum Gasteiger partial charge on any atom is 0.190 e. The highest BCUT2D eigenvalue weighted by atomic mass is 16.3. The molecule has 0 spiro atoms. The first kappa shape index (κ1) is 18.8. The summed E-state index contributed by atoms with van der Waals surface area (Å²) in [5.74, 6) is -0.947. The van der Waals surface area contributed by atoms with Crippen molar-refractivity contribution in [3.8, 4) is 0 Å². The van der Waals surface area contributed by atoms with Crippen molar-refractivity contribution in [3.63, 3.8) is 0 Å². The third-order valence-corrected chi connectivity index (χ3v) is 8.41. The van der Waals surface area contributed by atoms with Gasteiger partial charge in [-0.15, -0.1) is 0 Å². The van der Waals surface area contributed by atoms with Gasteiger partial charge in [0.25, 0.3) is 0 Å². The third-order valence-electron chi connectivity index (χ3n) is 8.41. The Bertz CT molecular complexity index is 795. The molecule has 146 valence electrons. The van der Waals surface area contributed by atoms with Crippen molar-refractivity contribution >= 4 is 17.3 Å². The molecule has 4 rings (SSSR count). The number of allylic oxidation sites excluding steroid dienone is 4. The number of rotatable bonds is 2. The molecule has 0 aliphatic heterocycles. The number of hydrogen-bond donors (Lipinski definition) is 2. The minimum atomic E-state index is -1.66. The molecule has 5 nitrogen and oxygen atoms in total. The second kappa shape index (κ2) is 5.71. The lowest BCUT2D eigenvalue weighted by Crippen LogP contribution is -2.61. The summed E-state index contributed by atoms with van der Waals surface area (Å²) in [6.07, 6.45) is 7.49. The number of carbonyl (C=O) groups excluding carboxylic acids is 3. The van der Waals surface area contributed by atoms with Gasteiger partial charge in [-0.05, 0) is 49.2 Å². The summed E-state index contributed by atoms with van der Waals surface area (Å²) in [4.78, 5) is 37.8. The number of carbonyl (C=O) groups is 3. The van der Waals surface area contributed by atoms with Crippen molar-refractivity contribution in [1.82, 2.24) is 0 Å². The quantitative estimate of drug-likeness (QED) is 0.774. The average molecular weight is 372 g/mol. The molecule has 2 unspecified atom stereocenters. The molecular formula is C22H28O5. The summed E-state index contributed by atoms with van der Waals surface area (Å²) < 4.78 is 0. The predicted octanol–water partition coefficient (Wildman–Crippen LogP) is 2.01. The molecule has 0 saturated heterocycles. The number of hydrogen-bond acceptors (Lipinski definition) is 5. The minimum absolute atomic E-state index is 0.0218. The molecule has 0 radical (unpaired) electrons. The molecule has 0 heterocycles. The Hall–Kier alpha value is -1.59. The Morgan fingerprint density at radius 1 is 1.30 bits per heavy atom. The molecule has 4 aliphatic rings. The Balaban J connectivity index is 1.79. The Labute approximate surface area is 159 Å². The van der Waals surface area contributed by atoms with Crippen LogP contribution in [0.15, 0.2) is 23.8 Å². The van der Waals surface area contributed by atoms with Crippen LogP contribution in [0.2, 0.25) is 0 Å². The maximum absolute atomic E-state index is 13.4. The van der Waals surface area contributed by atoms with E-state index in [2.05, 4.69) is 0 Å². The van der Waals surface area contributed by atoms with Gasteiger partial charge >= 0.3 is 0 Å². The van der Waals surface area contributed by atoms with E-state index in [1.807, 2.05) is 26.8 Å². The molecule has 3 fully saturated rings. The highest BCUT2D eigenvalue weighted by Gasteiger charge is 2.70. The zero-order valence-corrected chi connectivity index (χ0v) is 16.2. The molecule has 0 aromatic carbocycles. The average Bonchev–Trinajstić information content (AvgIpc) is 2.82. The number of aliphatic hydroxyl groups excluding tert-OH is 1. The van der Waals surface area contributed by atoms with Gasteiger partial charge < -0.3 is 10.2 Å².